The van der Waals surface area contributed by atoms with Crippen molar-refractivity contribution >= 4 is 11.0 Å². The summed E-state index contributed by atoms with van der Waals surface area (Å²) < 4.78 is 32.7. The molecule has 1 fully saturated rings. The lowest BCUT2D eigenvalue weighted by Gasteiger charge is -2.38. The van der Waals surface area contributed by atoms with Crippen molar-refractivity contribution in [2.24, 2.45) is 0 Å². The Labute approximate surface area is 204 Å². The number of phenols is 2. The number of hydrogen-bond acceptors (Lipinski definition) is 12. The fourth-order valence-electron chi connectivity index (χ4n) is 3.98. The highest BCUT2D eigenvalue weighted by atomic mass is 16.7. The third-order valence-electron chi connectivity index (χ3n) is 5.91. The zero-order chi connectivity index (χ0) is 26.3. The van der Waals surface area contributed by atoms with Crippen LogP contribution in [-0.2, 0) is 4.74 Å². The van der Waals surface area contributed by atoms with Crippen molar-refractivity contribution in [1.82, 2.24) is 0 Å². The van der Waals surface area contributed by atoms with E-state index in [0.717, 1.165) is 0 Å². The Morgan fingerprint density at radius 2 is 1.56 bits per heavy atom. The Kier molecular flexibility index (Phi) is 6.87. The number of aromatic hydroxyl groups is 2. The first-order valence-corrected chi connectivity index (χ1v) is 10.8. The minimum atomic E-state index is -1.73. The second kappa shape index (κ2) is 9.74. The van der Waals surface area contributed by atoms with E-state index in [1.165, 1.54) is 52.5 Å². The highest BCUT2D eigenvalue weighted by Crippen LogP contribution is 2.44. The highest BCUT2D eigenvalue weighted by molar-refractivity contribution is 5.88. The average molecular weight is 506 g/mol. The molecule has 0 radical (unpaired) electrons. The van der Waals surface area contributed by atoms with Crippen molar-refractivity contribution in [3.8, 4) is 45.8 Å². The molecule has 1 aliphatic heterocycles. The molecule has 2 aromatic carbocycles. The van der Waals surface area contributed by atoms with Gasteiger partial charge in [-0.15, -0.1) is 0 Å². The van der Waals surface area contributed by atoms with Gasteiger partial charge < -0.3 is 53.6 Å². The molecular formula is C24H26O12. The van der Waals surface area contributed by atoms with Crippen LogP contribution in [0.3, 0.4) is 0 Å². The van der Waals surface area contributed by atoms with Gasteiger partial charge in [0.25, 0.3) is 0 Å². The van der Waals surface area contributed by atoms with E-state index in [9.17, 15) is 30.3 Å². The van der Waals surface area contributed by atoms with E-state index in [-0.39, 0.29) is 45.3 Å². The maximum Gasteiger partial charge on any atom is 0.239 e. The van der Waals surface area contributed by atoms with Crippen molar-refractivity contribution < 1.29 is 53.6 Å². The summed E-state index contributed by atoms with van der Waals surface area (Å²) in [6.45, 7) is 1.45. The quantitative estimate of drug-likeness (QED) is 0.322. The molecule has 2 heterocycles. The van der Waals surface area contributed by atoms with Gasteiger partial charge in [-0.2, -0.15) is 0 Å². The molecule has 0 saturated carbocycles. The number of hydrogen-bond donors (Lipinski definition) is 5. The van der Waals surface area contributed by atoms with Gasteiger partial charge in [0.2, 0.25) is 23.2 Å². The summed E-state index contributed by atoms with van der Waals surface area (Å²) in [5, 5.41) is 51.3. The van der Waals surface area contributed by atoms with E-state index in [1.807, 2.05) is 0 Å². The fourth-order valence-corrected chi connectivity index (χ4v) is 3.98. The van der Waals surface area contributed by atoms with Crippen LogP contribution >= 0.6 is 0 Å². The SMILES string of the molecule is COc1cc(O)c2c(=O)c(O[C@@H]3O[C@@H](C)[C@H](O)[C@@H](O)[C@H]3O)c(-c3cc(O)c(OC)c(OC)c3)oc2c1. The molecule has 3 aromatic rings. The van der Waals surface area contributed by atoms with Gasteiger partial charge in [0.15, 0.2) is 17.3 Å². The lowest BCUT2D eigenvalue weighted by Crippen LogP contribution is -2.58. The molecule has 1 saturated heterocycles. The second-order valence-electron chi connectivity index (χ2n) is 8.14. The number of rotatable bonds is 6. The molecule has 0 bridgehead atoms. The van der Waals surface area contributed by atoms with Gasteiger partial charge in [0, 0.05) is 17.7 Å². The first-order chi connectivity index (χ1) is 17.1. The zero-order valence-corrected chi connectivity index (χ0v) is 19.8. The van der Waals surface area contributed by atoms with Crippen LogP contribution < -0.4 is 24.4 Å². The van der Waals surface area contributed by atoms with Crippen LogP contribution in [0.4, 0.5) is 0 Å². The highest BCUT2D eigenvalue weighted by Gasteiger charge is 2.44. The summed E-state index contributed by atoms with van der Waals surface area (Å²) in [4.78, 5) is 13.6. The average Bonchev–Trinajstić information content (AvgIpc) is 2.86. The minimum absolute atomic E-state index is 0.0307. The van der Waals surface area contributed by atoms with Gasteiger partial charge in [-0.3, -0.25) is 4.79 Å². The van der Waals surface area contributed by atoms with E-state index in [0.29, 0.717) is 0 Å². The summed E-state index contributed by atoms with van der Waals surface area (Å²) in [6.07, 6.45) is -7.30. The van der Waals surface area contributed by atoms with Crippen LogP contribution in [0.25, 0.3) is 22.3 Å². The standard InChI is InChI=1S/C24H26O12/c1-9-17(27)19(29)20(30)24(34-9)36-23-18(28)16-12(25)7-11(31-2)8-14(16)35-21(23)10-5-13(26)22(33-4)15(6-10)32-3/h5-9,17,19-20,24-27,29-30H,1-4H3/t9-,17-,19+,20+,24-/m0/s1. The molecular weight excluding hydrogens is 480 g/mol. The summed E-state index contributed by atoms with van der Waals surface area (Å²) >= 11 is 0. The summed E-state index contributed by atoms with van der Waals surface area (Å²) in [6, 6.07) is 5.23. The van der Waals surface area contributed by atoms with E-state index >= 15 is 0 Å². The van der Waals surface area contributed by atoms with Gasteiger partial charge in [0.05, 0.1) is 27.4 Å². The predicted molar refractivity (Wildman–Crippen MR) is 124 cm³/mol. The van der Waals surface area contributed by atoms with E-state index in [1.54, 1.807) is 0 Å². The summed E-state index contributed by atoms with van der Waals surface area (Å²) in [5.74, 6) is -1.18. The molecule has 5 N–H and O–H groups in total. The molecule has 0 spiro atoms. The van der Waals surface area contributed by atoms with E-state index in [4.69, 9.17) is 28.1 Å². The second-order valence-corrected chi connectivity index (χ2v) is 8.14. The number of methoxy groups -OCH3 is 3. The van der Waals surface area contributed by atoms with E-state index in [2.05, 4.69) is 0 Å². The van der Waals surface area contributed by atoms with Crippen LogP contribution in [0.2, 0.25) is 0 Å². The minimum Gasteiger partial charge on any atom is -0.507 e. The molecule has 36 heavy (non-hydrogen) atoms. The van der Waals surface area contributed by atoms with Gasteiger partial charge in [-0.25, -0.2) is 0 Å². The van der Waals surface area contributed by atoms with Crippen LogP contribution in [0.15, 0.2) is 33.5 Å². The van der Waals surface area contributed by atoms with Gasteiger partial charge in [-0.05, 0) is 19.1 Å². The van der Waals surface area contributed by atoms with Crippen LogP contribution in [0.1, 0.15) is 6.92 Å². The fraction of sp³-hybridized carbons (Fsp3) is 0.375. The third-order valence-corrected chi connectivity index (χ3v) is 5.91. The maximum atomic E-state index is 13.6. The molecule has 0 aliphatic carbocycles. The van der Waals surface area contributed by atoms with E-state index < -0.39 is 47.6 Å². The first-order valence-electron chi connectivity index (χ1n) is 10.8. The molecule has 5 atom stereocenters. The summed E-state index contributed by atoms with van der Waals surface area (Å²) in [7, 11) is 4.05. The van der Waals surface area contributed by atoms with Gasteiger partial charge in [0.1, 0.15) is 40.8 Å². The topological polar surface area (TPSA) is 178 Å². The Bertz CT molecular complexity index is 1330. The molecule has 12 nitrogen and oxygen atoms in total. The Morgan fingerprint density at radius 3 is 2.19 bits per heavy atom. The lowest BCUT2D eigenvalue weighted by molar-refractivity contribution is -0.268. The molecule has 12 heteroatoms. The number of fused-ring (bicyclic) bond motifs is 1. The van der Waals surface area contributed by atoms with Crippen LogP contribution in [0.5, 0.6) is 34.5 Å². The largest absolute Gasteiger partial charge is 0.507 e. The predicted octanol–water partition coefficient (Wildman–Crippen LogP) is 1.10. The maximum absolute atomic E-state index is 13.6. The van der Waals surface area contributed by atoms with Gasteiger partial charge >= 0.3 is 0 Å². The smallest absolute Gasteiger partial charge is 0.239 e. The Balaban J connectivity index is 1.97. The normalized spacial score (nSPS) is 23.9. The van der Waals surface area contributed by atoms with Crippen molar-refractivity contribution in [3.05, 3.63) is 34.5 Å². The van der Waals surface area contributed by atoms with Crippen molar-refractivity contribution in [3.63, 3.8) is 0 Å². The monoisotopic (exact) mass is 506 g/mol. The number of aliphatic hydroxyl groups is 3. The first kappa shape index (κ1) is 25.4. The zero-order valence-electron chi connectivity index (χ0n) is 19.8. The number of benzene rings is 2. The number of ether oxygens (including phenoxy) is 5. The molecule has 1 aromatic heterocycles. The number of phenolic OH excluding ortho intramolecular Hbond substituents is 2. The van der Waals surface area contributed by atoms with Gasteiger partial charge in [-0.1, -0.05) is 0 Å². The van der Waals surface area contributed by atoms with Crippen LogP contribution in [-0.4, -0.2) is 77.6 Å². The molecule has 0 unspecified atom stereocenters. The van der Waals surface area contributed by atoms with Crippen molar-refractivity contribution in [1.29, 1.82) is 0 Å². The van der Waals surface area contributed by atoms with Crippen molar-refractivity contribution in [2.75, 3.05) is 21.3 Å². The lowest BCUT2D eigenvalue weighted by atomic mass is 10.00. The van der Waals surface area contributed by atoms with Crippen molar-refractivity contribution in [2.45, 2.75) is 37.6 Å². The molecule has 4 rings (SSSR count). The van der Waals surface area contributed by atoms with Crippen LogP contribution in [0, 0.1) is 0 Å². The molecule has 0 amide bonds. The molecule has 1 aliphatic rings. The Morgan fingerprint density at radius 1 is 0.833 bits per heavy atom. The number of aliphatic hydroxyl groups excluding tert-OH is 3. The third kappa shape index (κ3) is 4.24. The summed E-state index contributed by atoms with van der Waals surface area (Å²) in [5.41, 5.74) is -0.799. The Hall–Kier alpha value is -3.71. The molecule has 194 valence electrons.